The molecule has 3 rings (SSSR count). The largest absolute Gasteiger partial charge is 0.325 e. The summed E-state index contributed by atoms with van der Waals surface area (Å²) in [7, 11) is 1.93. The molecule has 0 spiro atoms. The van der Waals surface area contributed by atoms with Crippen molar-refractivity contribution in [1.82, 2.24) is 24.9 Å². The molecule has 0 saturated carbocycles. The first-order valence-corrected chi connectivity index (χ1v) is 8.78. The highest BCUT2D eigenvalue weighted by Crippen LogP contribution is 2.32. The van der Waals surface area contributed by atoms with Crippen molar-refractivity contribution in [3.8, 4) is 0 Å². The van der Waals surface area contributed by atoms with Crippen LogP contribution in [0.4, 0.5) is 4.79 Å². The van der Waals surface area contributed by atoms with Gasteiger partial charge in [0.25, 0.3) is 5.91 Å². The molecule has 1 N–H and O–H groups in total. The number of nitrogens with zero attached hydrogens (tertiary/aromatic N) is 4. The third-order valence-electron chi connectivity index (χ3n) is 5.41. The maximum Gasteiger partial charge on any atom is 0.325 e. The molecule has 2 fully saturated rings. The molecule has 0 radical (unpaired) electrons. The second-order valence-electron chi connectivity index (χ2n) is 7.09. The summed E-state index contributed by atoms with van der Waals surface area (Å²) in [6.45, 7) is 7.00. The van der Waals surface area contributed by atoms with Gasteiger partial charge in [-0.05, 0) is 45.2 Å². The maximum atomic E-state index is 12.7. The molecular formula is C17H27N5O2. The van der Waals surface area contributed by atoms with Gasteiger partial charge in [-0.3, -0.25) is 14.4 Å². The first-order valence-electron chi connectivity index (χ1n) is 8.78. The van der Waals surface area contributed by atoms with Gasteiger partial charge in [0, 0.05) is 38.8 Å². The van der Waals surface area contributed by atoms with Crippen molar-refractivity contribution in [2.75, 3.05) is 26.2 Å². The second kappa shape index (κ2) is 6.55. The van der Waals surface area contributed by atoms with Gasteiger partial charge in [-0.25, -0.2) is 4.79 Å². The van der Waals surface area contributed by atoms with E-state index in [9.17, 15) is 9.59 Å². The minimum Gasteiger partial charge on any atom is -0.323 e. The fourth-order valence-electron chi connectivity index (χ4n) is 3.90. The zero-order valence-electron chi connectivity index (χ0n) is 14.8. The average Bonchev–Trinajstić information content (AvgIpc) is 3.08. The van der Waals surface area contributed by atoms with Crippen LogP contribution in [0.2, 0.25) is 0 Å². The Morgan fingerprint density at radius 3 is 2.83 bits per heavy atom. The summed E-state index contributed by atoms with van der Waals surface area (Å²) >= 11 is 0. The van der Waals surface area contributed by atoms with Gasteiger partial charge in [0.1, 0.15) is 5.54 Å². The van der Waals surface area contributed by atoms with E-state index in [1.807, 2.05) is 38.0 Å². The number of amides is 3. The fourth-order valence-corrected chi connectivity index (χ4v) is 3.90. The van der Waals surface area contributed by atoms with Crippen molar-refractivity contribution in [3.63, 3.8) is 0 Å². The number of piperidine rings is 1. The predicted octanol–water partition coefficient (Wildman–Crippen LogP) is 1.00. The smallest absolute Gasteiger partial charge is 0.323 e. The van der Waals surface area contributed by atoms with Gasteiger partial charge in [0.05, 0.1) is 6.20 Å². The van der Waals surface area contributed by atoms with Crippen molar-refractivity contribution < 1.29 is 9.59 Å². The number of nitrogens with one attached hydrogen (secondary N) is 1. The highest BCUT2D eigenvalue weighted by molar-refractivity contribution is 6.07. The average molecular weight is 333 g/mol. The van der Waals surface area contributed by atoms with Gasteiger partial charge in [-0.2, -0.15) is 5.10 Å². The summed E-state index contributed by atoms with van der Waals surface area (Å²) in [4.78, 5) is 28.4. The lowest BCUT2D eigenvalue weighted by molar-refractivity contribution is -0.133. The number of rotatable bonds is 5. The number of likely N-dealkylation sites (N-methyl/N-ethyl adjacent to an activating group) is 1. The van der Waals surface area contributed by atoms with Gasteiger partial charge in [0.2, 0.25) is 0 Å². The molecule has 24 heavy (non-hydrogen) atoms. The molecule has 1 aromatic heterocycles. The molecule has 2 aliphatic rings. The molecule has 2 aliphatic heterocycles. The van der Waals surface area contributed by atoms with Gasteiger partial charge in [-0.1, -0.05) is 0 Å². The fraction of sp³-hybridized carbons (Fsp3) is 0.706. The number of hydrogen-bond acceptors (Lipinski definition) is 4. The summed E-state index contributed by atoms with van der Waals surface area (Å²) in [5.74, 6) is 0.0854. The number of carbonyl (C=O) groups excluding carboxylic acids is 2. The number of likely N-dealkylation sites (tertiary alicyclic amines) is 1. The molecule has 3 heterocycles. The van der Waals surface area contributed by atoms with Crippen LogP contribution < -0.4 is 5.32 Å². The van der Waals surface area contributed by atoms with Crippen LogP contribution in [0.25, 0.3) is 0 Å². The number of imide groups is 1. The Labute approximate surface area is 143 Å². The molecule has 2 atom stereocenters. The van der Waals surface area contributed by atoms with Crippen LogP contribution in [-0.4, -0.2) is 63.2 Å². The van der Waals surface area contributed by atoms with Crippen LogP contribution in [-0.2, 0) is 18.3 Å². The molecule has 3 amide bonds. The number of urea groups is 1. The van der Waals surface area contributed by atoms with E-state index in [2.05, 4.69) is 15.3 Å². The molecule has 0 unspecified atom stereocenters. The summed E-state index contributed by atoms with van der Waals surface area (Å²) < 4.78 is 1.82. The number of hydrogen-bond donors (Lipinski definition) is 1. The van der Waals surface area contributed by atoms with Crippen molar-refractivity contribution in [2.45, 2.75) is 38.6 Å². The summed E-state index contributed by atoms with van der Waals surface area (Å²) in [6, 6.07) is -0.252. The van der Waals surface area contributed by atoms with Crippen LogP contribution in [0.5, 0.6) is 0 Å². The van der Waals surface area contributed by atoms with Gasteiger partial charge >= 0.3 is 6.03 Å². The number of carbonyl (C=O) groups is 2. The Morgan fingerprint density at radius 1 is 1.42 bits per heavy atom. The molecule has 7 nitrogen and oxygen atoms in total. The Morgan fingerprint density at radius 2 is 2.21 bits per heavy atom. The summed E-state index contributed by atoms with van der Waals surface area (Å²) in [6.07, 6.45) is 6.94. The summed E-state index contributed by atoms with van der Waals surface area (Å²) in [5.41, 5.74) is 0.466. The first-order chi connectivity index (χ1) is 11.4. The third-order valence-corrected chi connectivity index (χ3v) is 5.41. The summed E-state index contributed by atoms with van der Waals surface area (Å²) in [5, 5.41) is 7.15. The molecule has 2 saturated heterocycles. The zero-order chi connectivity index (χ0) is 17.3. The lowest BCUT2D eigenvalue weighted by Crippen LogP contribution is -2.56. The molecule has 0 aromatic carbocycles. The monoisotopic (exact) mass is 333 g/mol. The second-order valence-corrected chi connectivity index (χ2v) is 7.09. The van der Waals surface area contributed by atoms with Gasteiger partial charge < -0.3 is 10.2 Å². The van der Waals surface area contributed by atoms with Gasteiger partial charge in [-0.15, -0.1) is 0 Å². The van der Waals surface area contributed by atoms with Crippen LogP contribution >= 0.6 is 0 Å². The molecule has 7 heteroatoms. The first kappa shape index (κ1) is 17.0. The number of aryl methyl sites for hydroxylation is 1. The highest BCUT2D eigenvalue weighted by Gasteiger charge is 2.52. The normalized spacial score (nSPS) is 28.5. The quantitative estimate of drug-likeness (QED) is 0.816. The molecule has 0 aliphatic carbocycles. The van der Waals surface area contributed by atoms with Crippen molar-refractivity contribution >= 4 is 11.9 Å². The van der Waals surface area contributed by atoms with Crippen LogP contribution in [0, 0.1) is 5.92 Å². The van der Waals surface area contributed by atoms with E-state index in [1.54, 1.807) is 0 Å². The predicted molar refractivity (Wildman–Crippen MR) is 90.4 cm³/mol. The van der Waals surface area contributed by atoms with E-state index < -0.39 is 5.54 Å². The van der Waals surface area contributed by atoms with Crippen molar-refractivity contribution in [2.24, 2.45) is 13.0 Å². The third kappa shape index (κ3) is 3.05. The van der Waals surface area contributed by atoms with E-state index in [-0.39, 0.29) is 17.9 Å². The lowest BCUT2D eigenvalue weighted by atomic mass is 9.80. The molecule has 132 valence electrons. The van der Waals surface area contributed by atoms with E-state index in [4.69, 9.17) is 0 Å². The van der Waals surface area contributed by atoms with E-state index >= 15 is 0 Å². The standard InChI is InChI=1S/C17H27N5O2/c1-4-22-15(23)17(2,19-16(22)24)14-6-5-8-21(12-14)9-7-13-10-18-20(3)11-13/h10-11,14H,4-9,12H2,1-3H3,(H,19,24)/t14-,17-/m0/s1. The van der Waals surface area contributed by atoms with Crippen LogP contribution in [0.15, 0.2) is 12.4 Å². The lowest BCUT2D eigenvalue weighted by Gasteiger charge is -2.39. The highest BCUT2D eigenvalue weighted by atomic mass is 16.2. The molecule has 0 bridgehead atoms. The SMILES string of the molecule is CCN1C(=O)N[C@@](C)([C@H]2CCCN(CCc3cnn(C)c3)C2)C1=O. The molecule has 1 aromatic rings. The Bertz CT molecular complexity index is 628. The zero-order valence-corrected chi connectivity index (χ0v) is 14.8. The van der Waals surface area contributed by atoms with Crippen LogP contribution in [0.3, 0.4) is 0 Å². The topological polar surface area (TPSA) is 70.5 Å². The minimum atomic E-state index is -0.764. The number of aromatic nitrogens is 2. The molecular weight excluding hydrogens is 306 g/mol. The van der Waals surface area contributed by atoms with Crippen LogP contribution in [0.1, 0.15) is 32.3 Å². The Hall–Kier alpha value is -1.89. The minimum absolute atomic E-state index is 0.0749. The van der Waals surface area contributed by atoms with E-state index in [0.29, 0.717) is 6.54 Å². The van der Waals surface area contributed by atoms with E-state index in [0.717, 1.165) is 38.9 Å². The van der Waals surface area contributed by atoms with Crippen molar-refractivity contribution in [1.29, 1.82) is 0 Å². The van der Waals surface area contributed by atoms with E-state index in [1.165, 1.54) is 10.5 Å². The Balaban J connectivity index is 1.63. The Kier molecular flexibility index (Phi) is 4.62. The van der Waals surface area contributed by atoms with Crippen molar-refractivity contribution in [3.05, 3.63) is 18.0 Å². The maximum absolute atomic E-state index is 12.7. The van der Waals surface area contributed by atoms with Gasteiger partial charge in [0.15, 0.2) is 0 Å².